The van der Waals surface area contributed by atoms with Gasteiger partial charge in [-0.05, 0) is 56.2 Å². The summed E-state index contributed by atoms with van der Waals surface area (Å²) < 4.78 is 15.5. The highest BCUT2D eigenvalue weighted by Crippen LogP contribution is 2.44. The third-order valence-electron chi connectivity index (χ3n) is 8.99. The van der Waals surface area contributed by atoms with Crippen molar-refractivity contribution in [2.75, 3.05) is 56.1 Å². The number of urea groups is 1. The van der Waals surface area contributed by atoms with Crippen LogP contribution in [0.5, 0.6) is 0 Å². The molecule has 222 valence electrons. The van der Waals surface area contributed by atoms with Crippen molar-refractivity contribution in [3.8, 4) is 17.3 Å². The van der Waals surface area contributed by atoms with Crippen LogP contribution in [0.1, 0.15) is 29.6 Å². The number of fused-ring (bicyclic) bond motifs is 1. The molecule has 3 aliphatic heterocycles. The molecule has 3 aliphatic rings. The number of anilines is 3. The quantitative estimate of drug-likeness (QED) is 0.362. The van der Waals surface area contributed by atoms with E-state index in [0.29, 0.717) is 34.4 Å². The number of pyridine rings is 1. The van der Waals surface area contributed by atoms with Gasteiger partial charge in [-0.2, -0.15) is 10.4 Å². The Morgan fingerprint density at radius 3 is 2.63 bits per heavy atom. The van der Waals surface area contributed by atoms with Crippen molar-refractivity contribution in [1.82, 2.24) is 24.4 Å². The molecule has 7 rings (SSSR count). The van der Waals surface area contributed by atoms with Crippen LogP contribution in [0.25, 0.3) is 16.8 Å². The van der Waals surface area contributed by atoms with E-state index in [1.165, 1.54) is 23.5 Å². The molecular formula is C31H33FN8O2S. The van der Waals surface area contributed by atoms with Gasteiger partial charge in [-0.3, -0.25) is 0 Å². The second kappa shape index (κ2) is 10.2. The topological polar surface area (TPSA) is 104 Å². The zero-order valence-electron chi connectivity index (χ0n) is 24.4. The van der Waals surface area contributed by atoms with E-state index in [1.54, 1.807) is 17.0 Å². The molecule has 10 nitrogen and oxygen atoms in total. The van der Waals surface area contributed by atoms with E-state index in [1.807, 2.05) is 21.4 Å². The molecule has 0 aliphatic carbocycles. The van der Waals surface area contributed by atoms with Gasteiger partial charge in [0.2, 0.25) is 0 Å². The van der Waals surface area contributed by atoms with Crippen LogP contribution < -0.4 is 9.80 Å². The molecule has 0 bridgehead atoms. The van der Waals surface area contributed by atoms with Crippen molar-refractivity contribution in [3.05, 3.63) is 58.5 Å². The minimum atomic E-state index is -0.388. The maximum atomic E-state index is 13.6. The second-order valence-electron chi connectivity index (χ2n) is 12.0. The number of likely N-dealkylation sites (tertiary alicyclic amines) is 2. The summed E-state index contributed by atoms with van der Waals surface area (Å²) in [6.45, 7) is 8.30. The molecule has 0 atom stereocenters. The van der Waals surface area contributed by atoms with Gasteiger partial charge in [-0.15, -0.1) is 0 Å². The Labute approximate surface area is 253 Å². The van der Waals surface area contributed by atoms with Gasteiger partial charge >= 0.3 is 6.03 Å². The number of carbonyl (C=O) groups is 1. The number of benzene rings is 1. The molecule has 0 radical (unpaired) electrons. The lowest BCUT2D eigenvalue weighted by molar-refractivity contribution is -0.0161. The number of rotatable bonds is 5. The number of β-amino-alcohol motifs (C(OH)–C–C–N with tert-alkyl or cyclic N) is 1. The maximum absolute atomic E-state index is 13.6. The zero-order valence-corrected chi connectivity index (χ0v) is 25.2. The molecule has 1 spiro atoms. The number of aliphatic hydroxyl groups excluding tert-OH is 1. The summed E-state index contributed by atoms with van der Waals surface area (Å²) in [7, 11) is 1.95. The predicted molar refractivity (Wildman–Crippen MR) is 163 cm³/mol. The van der Waals surface area contributed by atoms with Crippen LogP contribution in [0.3, 0.4) is 0 Å². The van der Waals surface area contributed by atoms with E-state index in [9.17, 15) is 19.6 Å². The number of amides is 2. The van der Waals surface area contributed by atoms with Gasteiger partial charge in [0.25, 0.3) is 0 Å². The van der Waals surface area contributed by atoms with Crippen molar-refractivity contribution >= 4 is 39.4 Å². The molecule has 1 aromatic carbocycles. The monoisotopic (exact) mass is 600 g/mol. The number of nitrogens with zero attached hydrogens (tertiary/aromatic N) is 8. The number of hydrogen-bond donors (Lipinski definition) is 1. The van der Waals surface area contributed by atoms with E-state index in [4.69, 9.17) is 10.1 Å². The zero-order chi connectivity index (χ0) is 30.0. The fraction of sp³-hybridized carbons (Fsp3) is 0.419. The molecule has 0 unspecified atom stereocenters. The van der Waals surface area contributed by atoms with Gasteiger partial charge in [0.1, 0.15) is 22.5 Å². The molecule has 0 saturated carbocycles. The van der Waals surface area contributed by atoms with Crippen molar-refractivity contribution in [2.24, 2.45) is 5.41 Å². The maximum Gasteiger partial charge on any atom is 0.320 e. The molecule has 43 heavy (non-hydrogen) atoms. The van der Waals surface area contributed by atoms with Crippen LogP contribution in [-0.2, 0) is 6.42 Å². The SMILES string of the molecule is CCc1nn2c(C)cc(N3CCC4(CN(C(=O)N5CC(O)C5)C4)C3)cc2c1N(C)c1nc(-c2ccc(F)cc2)c(C#N)s1. The standard InChI is InChI=1S/C31H33FN8O2S/c1-4-24-28(36(3)29-34-27(26(13-33)43-29)20-5-7-21(32)8-6-20)25-12-22(11-19(2)40(25)35-24)37-10-9-31(16-37)17-39(18-31)30(42)38-14-23(41)15-38/h5-8,11-12,23,41H,4,9-10,14-18H2,1-3H3. The molecule has 6 heterocycles. The second-order valence-corrected chi connectivity index (χ2v) is 13.0. The highest BCUT2D eigenvalue weighted by Gasteiger charge is 2.51. The molecule has 2 amide bonds. The van der Waals surface area contributed by atoms with Gasteiger partial charge in [0.15, 0.2) is 5.13 Å². The molecule has 3 saturated heterocycles. The fourth-order valence-electron chi connectivity index (χ4n) is 6.66. The first-order chi connectivity index (χ1) is 20.7. The molecule has 12 heteroatoms. The van der Waals surface area contributed by atoms with Crippen molar-refractivity contribution in [3.63, 3.8) is 0 Å². The highest BCUT2D eigenvalue weighted by atomic mass is 32.1. The number of thiazole rings is 1. The largest absolute Gasteiger partial charge is 0.389 e. The summed E-state index contributed by atoms with van der Waals surface area (Å²) in [6, 6.07) is 12.7. The molecular weight excluding hydrogens is 567 g/mol. The van der Waals surface area contributed by atoms with E-state index in [-0.39, 0.29) is 23.4 Å². The van der Waals surface area contributed by atoms with Gasteiger partial charge in [-0.1, -0.05) is 18.3 Å². The minimum absolute atomic E-state index is 0.0370. The van der Waals surface area contributed by atoms with Crippen LogP contribution in [-0.4, -0.2) is 88.0 Å². The Balaban J connectivity index is 1.17. The van der Waals surface area contributed by atoms with Gasteiger partial charge in [-0.25, -0.2) is 18.7 Å². The number of aryl methyl sites for hydroxylation is 2. The van der Waals surface area contributed by atoms with Gasteiger partial charge in [0.05, 0.1) is 36.1 Å². The van der Waals surface area contributed by atoms with Crippen LogP contribution >= 0.6 is 11.3 Å². The number of carbonyl (C=O) groups excluding carboxylic acids is 1. The van der Waals surface area contributed by atoms with Crippen molar-refractivity contribution < 1.29 is 14.3 Å². The molecule has 1 N–H and O–H groups in total. The normalized spacial score (nSPS) is 17.8. The summed E-state index contributed by atoms with van der Waals surface area (Å²) in [4.78, 5) is 26.0. The number of nitriles is 1. The Hall–Kier alpha value is -4.21. The Morgan fingerprint density at radius 1 is 1.21 bits per heavy atom. The first-order valence-electron chi connectivity index (χ1n) is 14.6. The first kappa shape index (κ1) is 27.6. The van der Waals surface area contributed by atoms with Gasteiger partial charge < -0.3 is 24.7 Å². The summed E-state index contributed by atoms with van der Waals surface area (Å²) >= 11 is 1.31. The average Bonchev–Trinajstić information content (AvgIpc) is 3.70. The lowest BCUT2D eigenvalue weighted by Gasteiger charge is -2.51. The summed E-state index contributed by atoms with van der Waals surface area (Å²) in [5.74, 6) is -0.334. The third-order valence-corrected chi connectivity index (χ3v) is 10.0. The summed E-state index contributed by atoms with van der Waals surface area (Å²) in [5, 5.41) is 25.0. The number of aromatic nitrogens is 3. The Morgan fingerprint density at radius 2 is 1.95 bits per heavy atom. The lowest BCUT2D eigenvalue weighted by Crippen LogP contribution is -2.66. The smallest absolute Gasteiger partial charge is 0.320 e. The summed E-state index contributed by atoms with van der Waals surface area (Å²) in [5.41, 5.74) is 6.33. The van der Waals surface area contributed by atoms with Crippen LogP contribution in [0.15, 0.2) is 36.4 Å². The molecule has 3 fully saturated rings. The molecule has 3 aromatic heterocycles. The lowest BCUT2D eigenvalue weighted by atomic mass is 9.79. The minimum Gasteiger partial charge on any atom is -0.389 e. The molecule has 4 aromatic rings. The van der Waals surface area contributed by atoms with Crippen molar-refractivity contribution in [1.29, 1.82) is 5.26 Å². The Kier molecular flexibility index (Phi) is 6.55. The van der Waals surface area contributed by atoms with E-state index >= 15 is 0 Å². The van der Waals surface area contributed by atoms with Gasteiger partial charge in [0, 0.05) is 55.6 Å². The van der Waals surface area contributed by atoms with E-state index < -0.39 is 0 Å². The Bertz CT molecular complexity index is 1760. The van der Waals surface area contributed by atoms with Crippen LogP contribution in [0, 0.1) is 29.5 Å². The summed E-state index contributed by atoms with van der Waals surface area (Å²) in [6.07, 6.45) is 1.36. The number of aliphatic hydroxyl groups is 1. The number of hydrogen-bond acceptors (Lipinski definition) is 8. The third kappa shape index (κ3) is 4.58. The highest BCUT2D eigenvalue weighted by molar-refractivity contribution is 7.16. The van der Waals surface area contributed by atoms with E-state index in [2.05, 4.69) is 36.9 Å². The average molecular weight is 601 g/mol. The fourth-order valence-corrected chi connectivity index (χ4v) is 7.52. The first-order valence-corrected chi connectivity index (χ1v) is 15.4. The number of halogens is 1. The van der Waals surface area contributed by atoms with Crippen LogP contribution in [0.2, 0.25) is 0 Å². The predicted octanol–water partition coefficient (Wildman–Crippen LogP) is 4.42. The van der Waals surface area contributed by atoms with E-state index in [0.717, 1.165) is 67.3 Å². The van der Waals surface area contributed by atoms with Crippen molar-refractivity contribution in [2.45, 2.75) is 32.8 Å². The van der Waals surface area contributed by atoms with Crippen LogP contribution in [0.4, 0.5) is 25.7 Å².